The Morgan fingerprint density at radius 2 is 0.643 bits per heavy atom. The van der Waals surface area contributed by atoms with E-state index in [0.717, 1.165) is 0 Å². The lowest BCUT2D eigenvalue weighted by Crippen LogP contribution is -2.16. The highest BCUT2D eigenvalue weighted by Gasteiger charge is 2.12. The van der Waals surface area contributed by atoms with Gasteiger partial charge in [-0.05, 0) is 11.1 Å². The molecule has 4 rings (SSSR count). The minimum absolute atomic E-state index is 1.22. The van der Waals surface area contributed by atoms with Crippen molar-refractivity contribution in [3.05, 3.63) is 132 Å². The molecule has 0 saturated heterocycles. The maximum Gasteiger partial charge on any atom is 0.0221 e. The van der Waals surface area contributed by atoms with E-state index in [1.807, 2.05) is 0 Å². The topological polar surface area (TPSA) is 0 Å². The van der Waals surface area contributed by atoms with Crippen molar-refractivity contribution in [3.63, 3.8) is 0 Å². The Morgan fingerprint density at radius 1 is 0.357 bits per heavy atom. The smallest absolute Gasteiger partial charge is 0.0221 e. The molecule has 0 heterocycles. The van der Waals surface area contributed by atoms with Crippen molar-refractivity contribution in [1.29, 1.82) is 0 Å². The van der Waals surface area contributed by atoms with Crippen molar-refractivity contribution < 1.29 is 0 Å². The second-order valence-corrected chi connectivity index (χ2v) is 8.70. The maximum absolute atomic E-state index is 2.22. The molecule has 0 unspecified atom stereocenters. The SMILES string of the molecule is c1ccc(P=C(C(=Pc2ccccc2)c2ccccc2)c2ccccc2)cc1. The molecule has 28 heavy (non-hydrogen) atoms. The first-order valence-electron chi connectivity index (χ1n) is 9.29. The van der Waals surface area contributed by atoms with Crippen LogP contribution in [0.25, 0.3) is 0 Å². The van der Waals surface area contributed by atoms with Crippen LogP contribution >= 0.6 is 16.4 Å². The van der Waals surface area contributed by atoms with Gasteiger partial charge in [0.25, 0.3) is 0 Å². The summed E-state index contributed by atoms with van der Waals surface area (Å²) in [6, 6.07) is 42.9. The van der Waals surface area contributed by atoms with Crippen LogP contribution in [0.15, 0.2) is 121 Å². The molecule has 0 spiro atoms. The second kappa shape index (κ2) is 9.43. The zero-order valence-corrected chi connectivity index (χ0v) is 17.2. The van der Waals surface area contributed by atoms with Crippen LogP contribution in [0.3, 0.4) is 0 Å². The van der Waals surface area contributed by atoms with Gasteiger partial charge >= 0.3 is 0 Å². The lowest BCUT2D eigenvalue weighted by atomic mass is 10.0. The van der Waals surface area contributed by atoms with Crippen LogP contribution in [-0.2, 0) is 0 Å². The van der Waals surface area contributed by atoms with Crippen molar-refractivity contribution >= 4 is 37.6 Å². The van der Waals surface area contributed by atoms with Gasteiger partial charge < -0.3 is 0 Å². The van der Waals surface area contributed by atoms with E-state index in [-0.39, 0.29) is 0 Å². The van der Waals surface area contributed by atoms with Gasteiger partial charge in [-0.1, -0.05) is 138 Å². The normalized spacial score (nSPS) is 12.0. The molecule has 0 amide bonds. The predicted molar refractivity (Wildman–Crippen MR) is 127 cm³/mol. The Kier molecular flexibility index (Phi) is 6.25. The van der Waals surface area contributed by atoms with E-state index in [0.29, 0.717) is 0 Å². The van der Waals surface area contributed by atoms with Crippen LogP contribution in [0.4, 0.5) is 0 Å². The Morgan fingerprint density at radius 3 is 0.964 bits per heavy atom. The summed E-state index contributed by atoms with van der Waals surface area (Å²) in [5.74, 6) is 0. The van der Waals surface area contributed by atoms with E-state index in [2.05, 4.69) is 121 Å². The Bertz CT molecular complexity index is 977. The first-order chi connectivity index (χ1) is 13.9. The average Bonchev–Trinajstić information content (AvgIpc) is 2.79. The summed E-state index contributed by atoms with van der Waals surface area (Å²) in [6.45, 7) is 0. The second-order valence-electron chi connectivity index (χ2n) is 6.32. The summed E-state index contributed by atoms with van der Waals surface area (Å²) >= 11 is 0. The van der Waals surface area contributed by atoms with Gasteiger partial charge in [-0.25, -0.2) is 0 Å². The van der Waals surface area contributed by atoms with E-state index in [1.54, 1.807) is 0 Å². The van der Waals surface area contributed by atoms with Gasteiger partial charge in [0.2, 0.25) is 0 Å². The summed E-state index contributed by atoms with van der Waals surface area (Å²) in [5.41, 5.74) is 2.55. The van der Waals surface area contributed by atoms with E-state index >= 15 is 0 Å². The molecule has 4 aromatic carbocycles. The van der Waals surface area contributed by atoms with Crippen LogP contribution in [0.2, 0.25) is 0 Å². The van der Waals surface area contributed by atoms with Crippen LogP contribution in [0.5, 0.6) is 0 Å². The van der Waals surface area contributed by atoms with Crippen molar-refractivity contribution in [2.75, 3.05) is 0 Å². The molecule has 134 valence electrons. The molecule has 0 aliphatic carbocycles. The number of hydrogen-bond donors (Lipinski definition) is 0. The Hall–Kier alpha value is -2.78. The Balaban J connectivity index is 1.94. The third-order valence-corrected chi connectivity index (χ3v) is 7.01. The first kappa shape index (κ1) is 18.6. The van der Waals surface area contributed by atoms with Crippen LogP contribution in [0, 0.1) is 0 Å². The highest BCUT2D eigenvalue weighted by Crippen LogP contribution is 2.21. The van der Waals surface area contributed by atoms with Gasteiger partial charge in [0.1, 0.15) is 0 Å². The maximum atomic E-state index is 2.22. The molecule has 0 saturated carbocycles. The molecule has 0 bridgehead atoms. The predicted octanol–water partition coefficient (Wildman–Crippen LogP) is 5.97. The fourth-order valence-electron chi connectivity index (χ4n) is 2.96. The van der Waals surface area contributed by atoms with Crippen molar-refractivity contribution in [2.45, 2.75) is 0 Å². The number of hydrogen-bond acceptors (Lipinski definition) is 0. The lowest BCUT2D eigenvalue weighted by Gasteiger charge is -2.13. The summed E-state index contributed by atoms with van der Waals surface area (Å²) < 4.78 is 0. The molecular weight excluding hydrogens is 374 g/mol. The number of benzene rings is 4. The van der Waals surface area contributed by atoms with Crippen LogP contribution < -0.4 is 10.6 Å². The number of rotatable bonds is 5. The van der Waals surface area contributed by atoms with E-state index in [9.17, 15) is 0 Å². The molecule has 0 aromatic heterocycles. The zero-order valence-electron chi connectivity index (χ0n) is 15.4. The molecule has 2 heteroatoms. The summed E-state index contributed by atoms with van der Waals surface area (Å²) in [7, 11) is 2.44. The largest absolute Gasteiger partial charge is 0.0622 e. The lowest BCUT2D eigenvalue weighted by molar-refractivity contribution is 1.66. The van der Waals surface area contributed by atoms with Crippen molar-refractivity contribution in [2.24, 2.45) is 0 Å². The summed E-state index contributed by atoms with van der Waals surface area (Å²) in [6.07, 6.45) is 0. The zero-order chi connectivity index (χ0) is 19.0. The summed E-state index contributed by atoms with van der Waals surface area (Å²) in [5, 5.41) is 5.31. The van der Waals surface area contributed by atoms with Crippen LogP contribution in [0.1, 0.15) is 11.1 Å². The summed E-state index contributed by atoms with van der Waals surface area (Å²) in [4.78, 5) is 0. The molecule has 0 aliphatic heterocycles. The van der Waals surface area contributed by atoms with E-state index in [4.69, 9.17) is 0 Å². The minimum atomic E-state index is 1.22. The van der Waals surface area contributed by atoms with Gasteiger partial charge in [0.05, 0.1) is 0 Å². The fourth-order valence-corrected chi connectivity index (χ4v) is 5.45. The molecule has 0 atom stereocenters. The standard InChI is InChI=1S/C26H20P2/c1-5-13-21(14-6-1)25(27-23-17-9-3-10-18-23)26(22-15-7-2-8-16-22)28-24-19-11-4-12-20-24/h1-20H. The third kappa shape index (κ3) is 4.73. The van der Waals surface area contributed by atoms with E-state index < -0.39 is 0 Å². The van der Waals surface area contributed by atoms with Gasteiger partial charge in [0.15, 0.2) is 0 Å². The van der Waals surface area contributed by atoms with Gasteiger partial charge in [0, 0.05) is 21.2 Å². The van der Waals surface area contributed by atoms with E-state index in [1.165, 1.54) is 48.7 Å². The van der Waals surface area contributed by atoms with Gasteiger partial charge in [-0.2, -0.15) is 0 Å². The monoisotopic (exact) mass is 394 g/mol. The molecule has 0 radical (unpaired) electrons. The highest BCUT2D eigenvalue weighted by atomic mass is 31.1. The van der Waals surface area contributed by atoms with Crippen molar-refractivity contribution in [3.8, 4) is 0 Å². The Labute approximate surface area is 170 Å². The van der Waals surface area contributed by atoms with Crippen molar-refractivity contribution in [1.82, 2.24) is 0 Å². The quantitative estimate of drug-likeness (QED) is 0.366. The van der Waals surface area contributed by atoms with Gasteiger partial charge in [-0.3, -0.25) is 0 Å². The first-order valence-corrected chi connectivity index (χ1v) is 11.1. The molecular formula is C26H20P2. The third-order valence-electron chi connectivity index (χ3n) is 4.31. The minimum Gasteiger partial charge on any atom is -0.0622 e. The highest BCUT2D eigenvalue weighted by molar-refractivity contribution is 7.61. The fraction of sp³-hybridized carbons (Fsp3) is 0. The molecule has 0 aliphatic rings. The molecule has 0 nitrogen and oxygen atoms in total. The molecule has 0 N–H and O–H groups in total. The average molecular weight is 394 g/mol. The van der Waals surface area contributed by atoms with Gasteiger partial charge in [-0.15, -0.1) is 0 Å². The molecule has 0 fully saturated rings. The van der Waals surface area contributed by atoms with Crippen LogP contribution in [-0.4, -0.2) is 10.6 Å². The molecule has 4 aromatic rings.